The van der Waals surface area contributed by atoms with Gasteiger partial charge in [-0.25, -0.2) is 0 Å². The first kappa shape index (κ1) is 24.0. The predicted molar refractivity (Wildman–Crippen MR) is 110 cm³/mol. The number of hydrogen-bond donors (Lipinski definition) is 1. The highest BCUT2D eigenvalue weighted by Crippen LogP contribution is 2.42. The van der Waals surface area contributed by atoms with E-state index >= 15 is 0 Å². The van der Waals surface area contributed by atoms with Crippen molar-refractivity contribution in [1.82, 2.24) is 0 Å². The minimum Gasteiger partial charge on any atom is -0.497 e. The summed E-state index contributed by atoms with van der Waals surface area (Å²) < 4.78 is 16.0. The number of ether oxygens (including phenoxy) is 3. The highest BCUT2D eigenvalue weighted by molar-refractivity contribution is 5.78. The van der Waals surface area contributed by atoms with Crippen LogP contribution in [-0.2, 0) is 25.2 Å². The third-order valence-electron chi connectivity index (χ3n) is 4.71. The van der Waals surface area contributed by atoms with Crippen molar-refractivity contribution in [3.8, 4) is 11.5 Å². The lowest BCUT2D eigenvalue weighted by molar-refractivity contribution is -0.144. The van der Waals surface area contributed by atoms with E-state index in [0.29, 0.717) is 5.75 Å². The van der Waals surface area contributed by atoms with E-state index in [1.54, 1.807) is 14.0 Å². The average molecular weight is 394 g/mol. The molecular formula is C22H35NO5. The van der Waals surface area contributed by atoms with Crippen LogP contribution in [0.25, 0.3) is 0 Å². The van der Waals surface area contributed by atoms with Gasteiger partial charge in [0.25, 0.3) is 0 Å². The zero-order valence-electron chi connectivity index (χ0n) is 18.6. The highest BCUT2D eigenvalue weighted by Gasteiger charge is 2.31. The van der Waals surface area contributed by atoms with E-state index in [-0.39, 0.29) is 17.3 Å². The molecule has 0 aliphatic carbocycles. The second-order valence-corrected chi connectivity index (χ2v) is 9.26. The fourth-order valence-electron chi connectivity index (χ4n) is 2.86. The summed E-state index contributed by atoms with van der Waals surface area (Å²) in [6, 6.07) is 2.93. The number of benzene rings is 1. The molecule has 1 aromatic carbocycles. The molecule has 0 fully saturated rings. The third-order valence-corrected chi connectivity index (χ3v) is 4.71. The van der Waals surface area contributed by atoms with E-state index in [4.69, 9.17) is 15.2 Å². The molecule has 0 aliphatic heterocycles. The molecule has 28 heavy (non-hydrogen) atoms. The van der Waals surface area contributed by atoms with E-state index in [0.717, 1.165) is 16.9 Å². The van der Waals surface area contributed by atoms with Crippen molar-refractivity contribution < 1.29 is 23.8 Å². The Morgan fingerprint density at radius 1 is 1.00 bits per heavy atom. The average Bonchev–Trinajstić information content (AvgIpc) is 2.58. The standard InChI is InChI=1S/C22H35NO5/c1-13(18(23)20(25)27-9)10-17(24)28-19-15(21(2,3)4)11-14(26-8)12-16(19)22(5,6)7/h11-13,18H,10,23H2,1-9H3/t13?,18-/m0/s1. The molecule has 1 rings (SSSR count). The molecule has 158 valence electrons. The normalized spacial score (nSPS) is 14.2. The van der Waals surface area contributed by atoms with Crippen LogP contribution in [0.15, 0.2) is 12.1 Å². The van der Waals surface area contributed by atoms with Crippen molar-refractivity contribution in [1.29, 1.82) is 0 Å². The maximum Gasteiger partial charge on any atom is 0.322 e. The molecule has 6 nitrogen and oxygen atoms in total. The molecule has 2 atom stereocenters. The molecule has 0 bridgehead atoms. The fraction of sp³-hybridized carbons (Fsp3) is 0.636. The Morgan fingerprint density at radius 3 is 1.82 bits per heavy atom. The predicted octanol–water partition coefficient (Wildman–Crippen LogP) is 3.72. The molecule has 0 heterocycles. The summed E-state index contributed by atoms with van der Waals surface area (Å²) in [5, 5.41) is 0. The summed E-state index contributed by atoms with van der Waals surface area (Å²) >= 11 is 0. The van der Waals surface area contributed by atoms with Crippen molar-refractivity contribution in [2.75, 3.05) is 14.2 Å². The molecule has 0 aromatic heterocycles. The lowest BCUT2D eigenvalue weighted by Crippen LogP contribution is -2.39. The van der Waals surface area contributed by atoms with Gasteiger partial charge in [0.1, 0.15) is 17.5 Å². The molecule has 0 saturated heterocycles. The van der Waals surface area contributed by atoms with Crippen LogP contribution in [0.5, 0.6) is 11.5 Å². The molecular weight excluding hydrogens is 358 g/mol. The molecule has 1 unspecified atom stereocenters. The smallest absolute Gasteiger partial charge is 0.322 e. The van der Waals surface area contributed by atoms with Crippen molar-refractivity contribution in [2.45, 2.75) is 71.8 Å². The Balaban J connectivity index is 3.31. The van der Waals surface area contributed by atoms with Crippen LogP contribution in [0, 0.1) is 5.92 Å². The summed E-state index contributed by atoms with van der Waals surface area (Å²) in [4.78, 5) is 24.3. The summed E-state index contributed by atoms with van der Waals surface area (Å²) in [7, 11) is 2.89. The number of hydrogen-bond acceptors (Lipinski definition) is 6. The summed E-state index contributed by atoms with van der Waals surface area (Å²) in [5.74, 6) is -0.127. The van der Waals surface area contributed by atoms with Gasteiger partial charge in [-0.05, 0) is 28.9 Å². The molecule has 0 spiro atoms. The van der Waals surface area contributed by atoms with E-state index in [2.05, 4.69) is 46.3 Å². The van der Waals surface area contributed by atoms with Gasteiger partial charge in [-0.3, -0.25) is 9.59 Å². The Hall–Kier alpha value is -2.08. The lowest BCUT2D eigenvalue weighted by atomic mass is 9.79. The quantitative estimate of drug-likeness (QED) is 0.585. The number of nitrogens with two attached hydrogens (primary N) is 1. The molecule has 0 radical (unpaired) electrons. The number of rotatable bonds is 6. The van der Waals surface area contributed by atoms with Gasteiger partial charge in [-0.2, -0.15) is 0 Å². The topological polar surface area (TPSA) is 87.9 Å². The van der Waals surface area contributed by atoms with Gasteiger partial charge in [-0.1, -0.05) is 48.5 Å². The number of esters is 2. The largest absolute Gasteiger partial charge is 0.497 e. The second-order valence-electron chi connectivity index (χ2n) is 9.26. The first-order chi connectivity index (χ1) is 12.7. The molecule has 0 saturated carbocycles. The van der Waals surface area contributed by atoms with Gasteiger partial charge in [0.2, 0.25) is 0 Å². The lowest BCUT2D eigenvalue weighted by Gasteiger charge is -2.30. The van der Waals surface area contributed by atoms with Crippen LogP contribution in [0.4, 0.5) is 0 Å². The molecule has 6 heteroatoms. The van der Waals surface area contributed by atoms with E-state index in [1.165, 1.54) is 7.11 Å². The van der Waals surface area contributed by atoms with Gasteiger partial charge >= 0.3 is 11.9 Å². The number of carbonyl (C=O) groups is 2. The maximum absolute atomic E-state index is 12.7. The zero-order valence-corrected chi connectivity index (χ0v) is 18.6. The zero-order chi connectivity index (χ0) is 21.9. The van der Waals surface area contributed by atoms with Crippen LogP contribution < -0.4 is 15.2 Å². The third kappa shape index (κ3) is 5.96. The highest BCUT2D eigenvalue weighted by atomic mass is 16.5. The van der Waals surface area contributed by atoms with Crippen molar-refractivity contribution >= 4 is 11.9 Å². The van der Waals surface area contributed by atoms with Gasteiger partial charge in [0, 0.05) is 11.1 Å². The monoisotopic (exact) mass is 393 g/mol. The SMILES string of the molecule is COC(=O)[C@@H](N)C(C)CC(=O)Oc1c(C(C)(C)C)cc(OC)cc1C(C)(C)C. The van der Waals surface area contributed by atoms with E-state index < -0.39 is 23.9 Å². The van der Waals surface area contributed by atoms with Crippen LogP contribution in [0.2, 0.25) is 0 Å². The summed E-state index contributed by atoms with van der Waals surface area (Å²) in [6.45, 7) is 14.1. The molecule has 1 aromatic rings. The number of methoxy groups -OCH3 is 2. The van der Waals surface area contributed by atoms with Crippen LogP contribution in [0.1, 0.15) is 66.0 Å². The number of carbonyl (C=O) groups excluding carboxylic acids is 2. The Bertz CT molecular complexity index is 678. The van der Waals surface area contributed by atoms with Gasteiger partial charge in [0.15, 0.2) is 0 Å². The van der Waals surface area contributed by atoms with Gasteiger partial charge in [0.05, 0.1) is 20.6 Å². The van der Waals surface area contributed by atoms with Gasteiger partial charge < -0.3 is 19.9 Å². The second kappa shape index (κ2) is 8.95. The molecule has 2 N–H and O–H groups in total. The van der Waals surface area contributed by atoms with Crippen LogP contribution >= 0.6 is 0 Å². The first-order valence-corrected chi connectivity index (χ1v) is 9.49. The van der Waals surface area contributed by atoms with Crippen molar-refractivity contribution in [2.24, 2.45) is 11.7 Å². The fourth-order valence-corrected chi connectivity index (χ4v) is 2.86. The van der Waals surface area contributed by atoms with Crippen LogP contribution in [-0.4, -0.2) is 32.2 Å². The van der Waals surface area contributed by atoms with Crippen molar-refractivity contribution in [3.05, 3.63) is 23.3 Å². The molecule has 0 aliphatic rings. The summed E-state index contributed by atoms with van der Waals surface area (Å²) in [6.07, 6.45) is 0.00939. The maximum atomic E-state index is 12.7. The summed E-state index contributed by atoms with van der Waals surface area (Å²) in [5.41, 5.74) is 7.09. The van der Waals surface area contributed by atoms with E-state index in [1.807, 2.05) is 12.1 Å². The van der Waals surface area contributed by atoms with Crippen molar-refractivity contribution in [3.63, 3.8) is 0 Å². The first-order valence-electron chi connectivity index (χ1n) is 9.49. The minimum atomic E-state index is -0.877. The van der Waals surface area contributed by atoms with Gasteiger partial charge in [-0.15, -0.1) is 0 Å². The van der Waals surface area contributed by atoms with Crippen LogP contribution in [0.3, 0.4) is 0 Å². The Morgan fingerprint density at radius 2 is 1.46 bits per heavy atom. The Labute approximate surface area is 168 Å². The minimum absolute atomic E-state index is 0.00939. The Kier molecular flexibility index (Phi) is 7.66. The van der Waals surface area contributed by atoms with E-state index in [9.17, 15) is 9.59 Å². The molecule has 0 amide bonds.